The van der Waals surface area contributed by atoms with E-state index in [2.05, 4.69) is 10.2 Å². The first-order valence-corrected chi connectivity index (χ1v) is 7.86. The lowest BCUT2D eigenvalue weighted by Gasteiger charge is -2.42. The zero-order valence-electron chi connectivity index (χ0n) is 11.7. The van der Waals surface area contributed by atoms with Crippen LogP contribution >= 0.6 is 0 Å². The molecule has 0 unspecified atom stereocenters. The SMILES string of the molecule is O=C(C1CCC(O)CC1)N1CCC[C@@]2(CCNC2)C1. The van der Waals surface area contributed by atoms with E-state index < -0.39 is 0 Å². The van der Waals surface area contributed by atoms with Crippen molar-refractivity contribution in [3.63, 3.8) is 0 Å². The number of aliphatic hydroxyl groups is 1. The van der Waals surface area contributed by atoms with Gasteiger partial charge in [-0.3, -0.25) is 4.79 Å². The molecule has 1 saturated carbocycles. The summed E-state index contributed by atoms with van der Waals surface area (Å²) in [6.07, 6.45) is 6.84. The van der Waals surface area contributed by atoms with E-state index in [1.807, 2.05) is 0 Å². The van der Waals surface area contributed by atoms with Gasteiger partial charge in [0.1, 0.15) is 0 Å². The van der Waals surface area contributed by atoms with E-state index in [1.54, 1.807) is 0 Å². The molecule has 2 N–H and O–H groups in total. The molecule has 0 aromatic carbocycles. The van der Waals surface area contributed by atoms with Crippen molar-refractivity contribution >= 4 is 5.91 Å². The molecule has 0 bridgehead atoms. The predicted molar refractivity (Wildman–Crippen MR) is 73.7 cm³/mol. The van der Waals surface area contributed by atoms with Gasteiger partial charge in [0.2, 0.25) is 5.91 Å². The first-order chi connectivity index (χ1) is 9.19. The minimum absolute atomic E-state index is 0.171. The average Bonchev–Trinajstić information content (AvgIpc) is 2.87. The molecular weight excluding hydrogens is 240 g/mol. The highest BCUT2D eigenvalue weighted by molar-refractivity contribution is 5.79. The van der Waals surface area contributed by atoms with Gasteiger partial charge in [-0.25, -0.2) is 0 Å². The van der Waals surface area contributed by atoms with Crippen LogP contribution in [0.2, 0.25) is 0 Å². The van der Waals surface area contributed by atoms with Gasteiger partial charge in [-0.05, 0) is 51.5 Å². The minimum Gasteiger partial charge on any atom is -0.393 e. The van der Waals surface area contributed by atoms with Crippen LogP contribution < -0.4 is 5.32 Å². The zero-order chi connectivity index (χ0) is 13.3. The quantitative estimate of drug-likeness (QED) is 0.748. The minimum atomic E-state index is -0.171. The molecule has 1 spiro atoms. The molecule has 4 nitrogen and oxygen atoms in total. The smallest absolute Gasteiger partial charge is 0.225 e. The maximum atomic E-state index is 12.6. The maximum Gasteiger partial charge on any atom is 0.225 e. The van der Waals surface area contributed by atoms with Crippen LogP contribution in [0.1, 0.15) is 44.9 Å². The number of piperidine rings is 1. The van der Waals surface area contributed by atoms with Crippen molar-refractivity contribution in [3.8, 4) is 0 Å². The number of aliphatic hydroxyl groups excluding tert-OH is 1. The van der Waals surface area contributed by atoms with Crippen molar-refractivity contribution in [2.75, 3.05) is 26.2 Å². The number of nitrogens with one attached hydrogen (secondary N) is 1. The molecule has 1 atom stereocenters. The summed E-state index contributed by atoms with van der Waals surface area (Å²) in [5.74, 6) is 0.533. The van der Waals surface area contributed by atoms with Gasteiger partial charge in [-0.15, -0.1) is 0 Å². The number of amides is 1. The number of rotatable bonds is 1. The molecular formula is C15H26N2O2. The Hall–Kier alpha value is -0.610. The van der Waals surface area contributed by atoms with Gasteiger partial charge >= 0.3 is 0 Å². The van der Waals surface area contributed by atoms with E-state index in [0.717, 1.165) is 58.3 Å². The largest absolute Gasteiger partial charge is 0.393 e. The molecule has 3 rings (SSSR count). The highest BCUT2D eigenvalue weighted by Gasteiger charge is 2.40. The molecule has 3 aliphatic rings. The Morgan fingerprint density at radius 2 is 2.00 bits per heavy atom. The van der Waals surface area contributed by atoms with Crippen molar-refractivity contribution in [2.45, 2.75) is 51.0 Å². The van der Waals surface area contributed by atoms with E-state index in [4.69, 9.17) is 0 Å². The Morgan fingerprint density at radius 1 is 1.21 bits per heavy atom. The molecule has 2 saturated heterocycles. The van der Waals surface area contributed by atoms with Crippen LogP contribution in [0.4, 0.5) is 0 Å². The summed E-state index contributed by atoms with van der Waals surface area (Å²) >= 11 is 0. The summed E-state index contributed by atoms with van der Waals surface area (Å²) in [7, 11) is 0. The lowest BCUT2D eigenvalue weighted by atomic mass is 9.78. The highest BCUT2D eigenvalue weighted by Crippen LogP contribution is 2.37. The van der Waals surface area contributed by atoms with E-state index in [9.17, 15) is 9.90 Å². The summed E-state index contributed by atoms with van der Waals surface area (Å²) in [4.78, 5) is 14.7. The van der Waals surface area contributed by atoms with Crippen molar-refractivity contribution in [1.29, 1.82) is 0 Å². The molecule has 3 fully saturated rings. The molecule has 0 aromatic heterocycles. The van der Waals surface area contributed by atoms with Gasteiger partial charge in [0.05, 0.1) is 6.10 Å². The summed E-state index contributed by atoms with van der Waals surface area (Å²) < 4.78 is 0. The molecule has 2 aliphatic heterocycles. The fourth-order valence-corrected chi connectivity index (χ4v) is 4.12. The second-order valence-electron chi connectivity index (χ2n) is 6.80. The first kappa shape index (κ1) is 13.4. The van der Waals surface area contributed by atoms with Crippen LogP contribution in [-0.4, -0.2) is 48.2 Å². The van der Waals surface area contributed by atoms with Crippen LogP contribution in [0.25, 0.3) is 0 Å². The molecule has 1 amide bonds. The summed E-state index contributed by atoms with van der Waals surface area (Å²) in [5.41, 5.74) is 0.363. The Morgan fingerprint density at radius 3 is 2.68 bits per heavy atom. The van der Waals surface area contributed by atoms with E-state index in [-0.39, 0.29) is 12.0 Å². The first-order valence-electron chi connectivity index (χ1n) is 7.86. The second kappa shape index (κ2) is 5.41. The van der Waals surface area contributed by atoms with Gasteiger partial charge in [0, 0.05) is 31.0 Å². The molecule has 1 aliphatic carbocycles. The number of hydrogen-bond acceptors (Lipinski definition) is 3. The van der Waals surface area contributed by atoms with E-state index in [0.29, 0.717) is 11.3 Å². The third kappa shape index (κ3) is 2.79. The zero-order valence-corrected chi connectivity index (χ0v) is 11.7. The van der Waals surface area contributed by atoms with Crippen LogP contribution in [0.5, 0.6) is 0 Å². The Balaban J connectivity index is 1.60. The number of carbonyl (C=O) groups is 1. The fraction of sp³-hybridized carbons (Fsp3) is 0.933. The Kier molecular flexibility index (Phi) is 3.81. The van der Waals surface area contributed by atoms with Crippen molar-refractivity contribution in [2.24, 2.45) is 11.3 Å². The lowest BCUT2D eigenvalue weighted by Crippen LogP contribution is -2.49. The number of nitrogens with zero attached hydrogens (tertiary/aromatic N) is 1. The summed E-state index contributed by atoms with van der Waals surface area (Å²) in [5, 5.41) is 13.0. The molecule has 19 heavy (non-hydrogen) atoms. The maximum absolute atomic E-state index is 12.6. The highest BCUT2D eigenvalue weighted by atomic mass is 16.3. The van der Waals surface area contributed by atoms with Crippen LogP contribution in [0.3, 0.4) is 0 Å². The molecule has 0 radical (unpaired) electrons. The molecule has 2 heterocycles. The van der Waals surface area contributed by atoms with Gasteiger partial charge in [0.25, 0.3) is 0 Å². The predicted octanol–water partition coefficient (Wildman–Crippen LogP) is 1.14. The number of hydrogen-bond donors (Lipinski definition) is 2. The monoisotopic (exact) mass is 266 g/mol. The third-order valence-corrected chi connectivity index (χ3v) is 5.35. The second-order valence-corrected chi connectivity index (χ2v) is 6.80. The molecule has 4 heteroatoms. The third-order valence-electron chi connectivity index (χ3n) is 5.35. The van der Waals surface area contributed by atoms with E-state index in [1.165, 1.54) is 12.8 Å². The molecule has 108 valence electrons. The Bertz CT molecular complexity index is 331. The van der Waals surface area contributed by atoms with Crippen molar-refractivity contribution in [1.82, 2.24) is 10.2 Å². The van der Waals surface area contributed by atoms with Gasteiger partial charge in [-0.1, -0.05) is 0 Å². The topological polar surface area (TPSA) is 52.6 Å². The average molecular weight is 266 g/mol. The molecule has 0 aromatic rings. The number of carbonyl (C=O) groups excluding carboxylic acids is 1. The summed E-state index contributed by atoms with van der Waals surface area (Å²) in [6.45, 7) is 4.09. The summed E-state index contributed by atoms with van der Waals surface area (Å²) in [6, 6.07) is 0. The number of likely N-dealkylation sites (tertiary alicyclic amines) is 1. The van der Waals surface area contributed by atoms with Crippen molar-refractivity contribution in [3.05, 3.63) is 0 Å². The van der Waals surface area contributed by atoms with Crippen LogP contribution in [-0.2, 0) is 4.79 Å². The van der Waals surface area contributed by atoms with Crippen molar-refractivity contribution < 1.29 is 9.90 Å². The van der Waals surface area contributed by atoms with E-state index >= 15 is 0 Å². The van der Waals surface area contributed by atoms with Crippen LogP contribution in [0.15, 0.2) is 0 Å². The normalized spacial score (nSPS) is 39.7. The van der Waals surface area contributed by atoms with Crippen LogP contribution in [0, 0.1) is 11.3 Å². The van der Waals surface area contributed by atoms with Gasteiger partial charge in [0.15, 0.2) is 0 Å². The fourth-order valence-electron chi connectivity index (χ4n) is 4.12. The Labute approximate surface area is 115 Å². The van der Waals surface area contributed by atoms with Gasteiger partial charge < -0.3 is 15.3 Å². The standard InChI is InChI=1S/C15H26N2O2/c18-13-4-2-12(3-5-13)14(19)17-9-1-6-15(11-17)7-8-16-10-15/h12-13,16,18H,1-11H2/t12?,13?,15-/m0/s1. The van der Waals surface area contributed by atoms with Gasteiger partial charge in [-0.2, -0.15) is 0 Å². The lowest BCUT2D eigenvalue weighted by molar-refractivity contribution is -0.140.